The zero-order valence-electron chi connectivity index (χ0n) is 21.3. The molecular formula is C27H27N5O6S. The topological polar surface area (TPSA) is 163 Å². The molecule has 0 aliphatic heterocycles. The van der Waals surface area contributed by atoms with E-state index in [1.54, 1.807) is 50.2 Å². The third-order valence-corrected chi connectivity index (χ3v) is 7.19. The molecule has 11 nitrogen and oxygen atoms in total. The van der Waals surface area contributed by atoms with Crippen molar-refractivity contribution in [3.8, 4) is 17.0 Å². The Morgan fingerprint density at radius 3 is 2.38 bits per heavy atom. The van der Waals surface area contributed by atoms with Crippen molar-refractivity contribution in [3.63, 3.8) is 0 Å². The molecule has 0 radical (unpaired) electrons. The molecule has 1 heterocycles. The standard InChI is InChI=1S/C27H27N5O6S/c1-3-37-25(34)15-29-39(35,36)23-14-18(9-8-17(23)2)26-21-6-4-5-7-22(21)27(32-31-26)30-19-10-12-20(13-11-19)38-16-24(28)33/h4-14,29H,3,15-16H2,1-2H3,(H2,28,33)(H,30,32). The van der Waals surface area contributed by atoms with Crippen LogP contribution >= 0.6 is 0 Å². The first-order chi connectivity index (χ1) is 18.7. The second-order valence-electron chi connectivity index (χ2n) is 8.46. The maximum absolute atomic E-state index is 13.0. The van der Waals surface area contributed by atoms with Crippen molar-refractivity contribution < 1.29 is 27.5 Å². The molecule has 4 rings (SSSR count). The Hall–Kier alpha value is -4.55. The highest BCUT2D eigenvalue weighted by atomic mass is 32.2. The fourth-order valence-corrected chi connectivity index (χ4v) is 5.05. The largest absolute Gasteiger partial charge is 0.484 e. The van der Waals surface area contributed by atoms with E-state index in [4.69, 9.17) is 15.2 Å². The molecule has 0 bridgehead atoms. The van der Waals surface area contributed by atoms with E-state index in [0.717, 1.165) is 10.8 Å². The summed E-state index contributed by atoms with van der Waals surface area (Å²) >= 11 is 0. The normalized spacial score (nSPS) is 11.2. The molecule has 3 aromatic carbocycles. The Kier molecular flexibility index (Phi) is 8.37. The molecule has 0 aliphatic rings. The third-order valence-electron chi connectivity index (χ3n) is 5.65. The van der Waals surface area contributed by atoms with Gasteiger partial charge in [0.05, 0.1) is 11.5 Å². The number of benzene rings is 3. The highest BCUT2D eigenvalue weighted by molar-refractivity contribution is 7.89. The van der Waals surface area contributed by atoms with Crippen molar-refractivity contribution in [1.82, 2.24) is 14.9 Å². The summed E-state index contributed by atoms with van der Waals surface area (Å²) in [7, 11) is -4.00. The number of nitrogens with one attached hydrogen (secondary N) is 2. The van der Waals surface area contributed by atoms with Gasteiger partial charge < -0.3 is 20.5 Å². The number of nitrogens with two attached hydrogens (primary N) is 1. The third kappa shape index (κ3) is 6.67. The van der Waals surface area contributed by atoms with E-state index in [-0.39, 0.29) is 18.1 Å². The molecule has 4 aromatic rings. The summed E-state index contributed by atoms with van der Waals surface area (Å²) in [4.78, 5) is 22.6. The highest BCUT2D eigenvalue weighted by Gasteiger charge is 2.21. The predicted octanol–water partition coefficient (Wildman–Crippen LogP) is 3.05. The van der Waals surface area contributed by atoms with Crippen molar-refractivity contribution >= 4 is 44.2 Å². The SMILES string of the molecule is CCOC(=O)CNS(=O)(=O)c1cc(-c2nnc(Nc3ccc(OCC(N)=O)cc3)c3ccccc23)ccc1C. The van der Waals surface area contributed by atoms with Gasteiger partial charge in [0.2, 0.25) is 10.0 Å². The van der Waals surface area contributed by atoms with Crippen molar-refractivity contribution in [3.05, 3.63) is 72.3 Å². The van der Waals surface area contributed by atoms with Crippen LogP contribution in [0.4, 0.5) is 11.5 Å². The maximum Gasteiger partial charge on any atom is 0.321 e. The van der Waals surface area contributed by atoms with Crippen LogP contribution in [0, 0.1) is 6.92 Å². The van der Waals surface area contributed by atoms with Gasteiger partial charge in [-0.25, -0.2) is 8.42 Å². The van der Waals surface area contributed by atoms with Gasteiger partial charge in [-0.05, 0) is 49.7 Å². The first-order valence-corrected chi connectivity index (χ1v) is 13.5. The Labute approximate surface area is 225 Å². The van der Waals surface area contributed by atoms with Gasteiger partial charge >= 0.3 is 5.97 Å². The number of aromatic nitrogens is 2. The number of sulfonamides is 1. The van der Waals surface area contributed by atoms with E-state index in [9.17, 15) is 18.0 Å². The molecule has 0 saturated carbocycles. The molecular weight excluding hydrogens is 522 g/mol. The number of amides is 1. The van der Waals surface area contributed by atoms with E-state index >= 15 is 0 Å². The van der Waals surface area contributed by atoms with E-state index in [0.29, 0.717) is 34.1 Å². The zero-order chi connectivity index (χ0) is 28.0. The molecule has 0 spiro atoms. The Morgan fingerprint density at radius 1 is 0.974 bits per heavy atom. The summed E-state index contributed by atoms with van der Waals surface area (Å²) in [6.07, 6.45) is 0. The number of fused-ring (bicyclic) bond motifs is 1. The monoisotopic (exact) mass is 549 g/mol. The van der Waals surface area contributed by atoms with Gasteiger partial charge in [0.1, 0.15) is 18.0 Å². The minimum atomic E-state index is -4.00. The fourth-order valence-electron chi connectivity index (χ4n) is 3.82. The molecule has 0 saturated heterocycles. The Balaban J connectivity index is 1.64. The maximum atomic E-state index is 13.0. The number of aryl methyl sites for hydroxylation is 1. The molecule has 0 aliphatic carbocycles. The lowest BCUT2D eigenvalue weighted by Gasteiger charge is -2.14. The summed E-state index contributed by atoms with van der Waals surface area (Å²) in [6, 6.07) is 19.4. The number of primary amides is 1. The average molecular weight is 550 g/mol. The van der Waals surface area contributed by atoms with Crippen LogP contribution in [-0.4, -0.2) is 50.3 Å². The van der Waals surface area contributed by atoms with E-state index in [2.05, 4.69) is 20.2 Å². The molecule has 12 heteroatoms. The molecule has 1 aromatic heterocycles. The number of ether oxygens (including phenoxy) is 2. The van der Waals surface area contributed by atoms with Crippen LogP contribution in [0.1, 0.15) is 12.5 Å². The quantitative estimate of drug-likeness (QED) is 0.239. The van der Waals surface area contributed by atoms with Gasteiger partial charge in [-0.1, -0.05) is 36.4 Å². The molecule has 202 valence electrons. The first kappa shape index (κ1) is 27.5. The minimum absolute atomic E-state index is 0.0241. The summed E-state index contributed by atoms with van der Waals surface area (Å²) < 4.78 is 38.3. The predicted molar refractivity (Wildman–Crippen MR) is 146 cm³/mol. The lowest BCUT2D eigenvalue weighted by Crippen LogP contribution is -2.31. The molecule has 0 fully saturated rings. The van der Waals surface area contributed by atoms with Gasteiger partial charge in [-0.15, -0.1) is 10.2 Å². The highest BCUT2D eigenvalue weighted by Crippen LogP contribution is 2.33. The summed E-state index contributed by atoms with van der Waals surface area (Å²) in [5, 5.41) is 13.5. The number of hydrogen-bond acceptors (Lipinski definition) is 9. The zero-order valence-corrected chi connectivity index (χ0v) is 22.1. The van der Waals surface area contributed by atoms with Gasteiger partial charge in [0.25, 0.3) is 5.91 Å². The molecule has 0 atom stereocenters. The van der Waals surface area contributed by atoms with E-state index in [1.807, 2.05) is 24.3 Å². The number of anilines is 2. The molecule has 0 unspecified atom stereocenters. The van der Waals surface area contributed by atoms with E-state index < -0.39 is 28.4 Å². The van der Waals surface area contributed by atoms with Crippen LogP contribution in [0.15, 0.2) is 71.6 Å². The average Bonchev–Trinajstić information content (AvgIpc) is 2.92. The summed E-state index contributed by atoms with van der Waals surface area (Å²) in [5.74, 6) is -0.239. The smallest absolute Gasteiger partial charge is 0.321 e. The Bertz CT molecular complexity index is 1620. The fraction of sp³-hybridized carbons (Fsp3) is 0.185. The van der Waals surface area contributed by atoms with Crippen LogP contribution in [0.25, 0.3) is 22.0 Å². The van der Waals surface area contributed by atoms with Crippen molar-refractivity contribution in [1.29, 1.82) is 0 Å². The lowest BCUT2D eigenvalue weighted by molar-refractivity contribution is -0.141. The number of hydrogen-bond donors (Lipinski definition) is 3. The number of esters is 1. The number of carbonyl (C=O) groups is 2. The van der Waals surface area contributed by atoms with Crippen LogP contribution in [0.3, 0.4) is 0 Å². The van der Waals surface area contributed by atoms with Gasteiger partial charge in [-0.3, -0.25) is 9.59 Å². The number of carbonyl (C=O) groups excluding carboxylic acids is 2. The number of rotatable bonds is 11. The van der Waals surface area contributed by atoms with Crippen molar-refractivity contribution in [2.45, 2.75) is 18.7 Å². The van der Waals surface area contributed by atoms with Crippen LogP contribution in [-0.2, 0) is 24.3 Å². The van der Waals surface area contributed by atoms with Crippen molar-refractivity contribution in [2.24, 2.45) is 5.73 Å². The van der Waals surface area contributed by atoms with Crippen LogP contribution in [0.2, 0.25) is 0 Å². The lowest BCUT2D eigenvalue weighted by atomic mass is 10.0. The van der Waals surface area contributed by atoms with Gasteiger partial charge in [0.15, 0.2) is 12.4 Å². The minimum Gasteiger partial charge on any atom is -0.484 e. The van der Waals surface area contributed by atoms with Gasteiger partial charge in [0, 0.05) is 22.0 Å². The Morgan fingerprint density at radius 2 is 1.69 bits per heavy atom. The van der Waals surface area contributed by atoms with Crippen LogP contribution < -0.4 is 20.5 Å². The molecule has 4 N–H and O–H groups in total. The molecule has 1 amide bonds. The second-order valence-corrected chi connectivity index (χ2v) is 10.2. The summed E-state index contributed by atoms with van der Waals surface area (Å²) in [6.45, 7) is 2.78. The van der Waals surface area contributed by atoms with Crippen LogP contribution in [0.5, 0.6) is 5.75 Å². The number of nitrogens with zero attached hydrogens (tertiary/aromatic N) is 2. The first-order valence-electron chi connectivity index (χ1n) is 12.0. The van der Waals surface area contributed by atoms with E-state index in [1.165, 1.54) is 6.07 Å². The summed E-state index contributed by atoms with van der Waals surface area (Å²) in [5.41, 5.74) is 7.37. The van der Waals surface area contributed by atoms with Gasteiger partial charge in [-0.2, -0.15) is 4.72 Å². The van der Waals surface area contributed by atoms with Crippen molar-refractivity contribution in [2.75, 3.05) is 25.1 Å². The second kappa shape index (κ2) is 11.9. The molecule has 39 heavy (non-hydrogen) atoms.